The lowest BCUT2D eigenvalue weighted by atomic mass is 9.97. The Labute approximate surface area is 117 Å². The van der Waals surface area contributed by atoms with E-state index in [-0.39, 0.29) is 0 Å². The van der Waals surface area contributed by atoms with Crippen molar-refractivity contribution in [2.75, 3.05) is 0 Å². The molecule has 0 aliphatic heterocycles. The van der Waals surface area contributed by atoms with E-state index in [2.05, 4.69) is 41.1 Å². The number of benzene rings is 2. The highest BCUT2D eigenvalue weighted by atomic mass is 79.9. The number of aliphatic hydroxyl groups is 1. The van der Waals surface area contributed by atoms with Crippen LogP contribution in [-0.2, 0) is 6.42 Å². The first-order valence-corrected chi connectivity index (χ1v) is 6.85. The van der Waals surface area contributed by atoms with Crippen molar-refractivity contribution in [2.24, 2.45) is 0 Å². The molecule has 2 heteroatoms. The Bertz CT molecular complexity index is 549. The molecular weight excluding hydrogens is 288 g/mol. The Balaban J connectivity index is 2.21. The number of rotatable bonds is 3. The summed E-state index contributed by atoms with van der Waals surface area (Å²) in [6.07, 6.45) is 0.197. The van der Waals surface area contributed by atoms with Crippen LogP contribution in [-0.4, -0.2) is 5.11 Å². The van der Waals surface area contributed by atoms with Gasteiger partial charge in [0, 0.05) is 10.9 Å². The minimum atomic E-state index is -0.454. The van der Waals surface area contributed by atoms with Crippen LogP contribution in [0.25, 0.3) is 0 Å². The molecule has 1 N–H and O–H groups in total. The van der Waals surface area contributed by atoms with Crippen molar-refractivity contribution in [1.82, 2.24) is 0 Å². The molecule has 0 aromatic heterocycles. The summed E-state index contributed by atoms with van der Waals surface area (Å²) < 4.78 is 1.01. The number of hydrogen-bond acceptors (Lipinski definition) is 1. The summed E-state index contributed by atoms with van der Waals surface area (Å²) in [5.41, 5.74) is 4.51. The SMILES string of the molecule is Cc1cccc(CC(O)c2cc(Br)ccc2C)c1. The molecule has 0 bridgehead atoms. The molecule has 0 aliphatic carbocycles. The maximum absolute atomic E-state index is 10.3. The van der Waals surface area contributed by atoms with Gasteiger partial charge < -0.3 is 5.11 Å². The second-order valence-corrected chi connectivity index (χ2v) is 5.63. The molecule has 0 radical (unpaired) electrons. The van der Waals surface area contributed by atoms with E-state index in [1.165, 1.54) is 11.1 Å². The van der Waals surface area contributed by atoms with Crippen molar-refractivity contribution in [2.45, 2.75) is 26.4 Å². The molecular formula is C16H17BrO. The van der Waals surface area contributed by atoms with Gasteiger partial charge in [0.05, 0.1) is 6.10 Å². The highest BCUT2D eigenvalue weighted by Crippen LogP contribution is 2.25. The van der Waals surface area contributed by atoms with E-state index >= 15 is 0 Å². The standard InChI is InChI=1S/C16H17BrO/c1-11-4-3-5-13(8-11)9-16(18)15-10-14(17)7-6-12(15)2/h3-8,10,16,18H,9H2,1-2H3. The predicted molar refractivity (Wildman–Crippen MR) is 78.7 cm³/mol. The fourth-order valence-electron chi connectivity index (χ4n) is 2.14. The van der Waals surface area contributed by atoms with Gasteiger partial charge in [0.1, 0.15) is 0 Å². The molecule has 94 valence electrons. The molecule has 1 atom stereocenters. The molecule has 0 spiro atoms. The van der Waals surface area contributed by atoms with Crippen molar-refractivity contribution >= 4 is 15.9 Å². The summed E-state index contributed by atoms with van der Waals surface area (Å²) in [6, 6.07) is 14.3. The minimum Gasteiger partial charge on any atom is -0.388 e. The number of aliphatic hydroxyl groups excluding tert-OH is 1. The number of halogens is 1. The van der Waals surface area contributed by atoms with Crippen molar-refractivity contribution < 1.29 is 5.11 Å². The lowest BCUT2D eigenvalue weighted by Crippen LogP contribution is -2.04. The van der Waals surface area contributed by atoms with Crippen LogP contribution in [0.1, 0.15) is 28.4 Å². The second kappa shape index (κ2) is 5.68. The van der Waals surface area contributed by atoms with Gasteiger partial charge in [-0.15, -0.1) is 0 Å². The molecule has 2 aromatic rings. The van der Waals surface area contributed by atoms with Gasteiger partial charge in [-0.3, -0.25) is 0 Å². The van der Waals surface area contributed by atoms with Gasteiger partial charge in [-0.1, -0.05) is 51.8 Å². The molecule has 0 amide bonds. The first-order valence-electron chi connectivity index (χ1n) is 6.06. The Kier molecular flexibility index (Phi) is 4.20. The molecule has 18 heavy (non-hydrogen) atoms. The van der Waals surface area contributed by atoms with Gasteiger partial charge in [-0.2, -0.15) is 0 Å². The zero-order chi connectivity index (χ0) is 13.1. The molecule has 1 nitrogen and oxygen atoms in total. The lowest BCUT2D eigenvalue weighted by molar-refractivity contribution is 0.177. The summed E-state index contributed by atoms with van der Waals surface area (Å²) in [5.74, 6) is 0. The van der Waals surface area contributed by atoms with Gasteiger partial charge in [-0.25, -0.2) is 0 Å². The topological polar surface area (TPSA) is 20.2 Å². The van der Waals surface area contributed by atoms with Crippen LogP contribution in [0.5, 0.6) is 0 Å². The van der Waals surface area contributed by atoms with Crippen molar-refractivity contribution in [1.29, 1.82) is 0 Å². The summed E-state index contributed by atoms with van der Waals surface area (Å²) >= 11 is 3.45. The number of hydrogen-bond donors (Lipinski definition) is 1. The first-order chi connectivity index (χ1) is 8.56. The van der Waals surface area contributed by atoms with Gasteiger partial charge in [0.25, 0.3) is 0 Å². The zero-order valence-electron chi connectivity index (χ0n) is 10.7. The van der Waals surface area contributed by atoms with Crippen LogP contribution in [0.2, 0.25) is 0 Å². The molecule has 0 fully saturated rings. The third kappa shape index (κ3) is 3.21. The largest absolute Gasteiger partial charge is 0.388 e. The molecule has 2 rings (SSSR count). The predicted octanol–water partition coefficient (Wildman–Crippen LogP) is 4.34. The van der Waals surface area contributed by atoms with Gasteiger partial charge in [0.2, 0.25) is 0 Å². The van der Waals surface area contributed by atoms with Crippen LogP contribution in [0.4, 0.5) is 0 Å². The summed E-state index contributed by atoms with van der Waals surface area (Å²) in [4.78, 5) is 0. The van der Waals surface area contributed by atoms with E-state index in [9.17, 15) is 5.11 Å². The minimum absolute atomic E-state index is 0.454. The molecule has 0 saturated heterocycles. The summed E-state index contributed by atoms with van der Waals surface area (Å²) in [6.45, 7) is 4.10. The molecule has 0 saturated carbocycles. The van der Waals surface area contributed by atoms with Crippen molar-refractivity contribution in [3.63, 3.8) is 0 Å². The van der Waals surface area contributed by atoms with Crippen LogP contribution in [0.15, 0.2) is 46.9 Å². The fraction of sp³-hybridized carbons (Fsp3) is 0.250. The van der Waals surface area contributed by atoms with E-state index in [4.69, 9.17) is 0 Å². The maximum atomic E-state index is 10.3. The van der Waals surface area contributed by atoms with Gasteiger partial charge in [-0.05, 0) is 42.7 Å². The third-order valence-electron chi connectivity index (χ3n) is 3.11. The second-order valence-electron chi connectivity index (χ2n) is 4.71. The monoisotopic (exact) mass is 304 g/mol. The molecule has 2 aromatic carbocycles. The van der Waals surface area contributed by atoms with Crippen molar-refractivity contribution in [3.8, 4) is 0 Å². The van der Waals surface area contributed by atoms with Crippen molar-refractivity contribution in [3.05, 3.63) is 69.2 Å². The van der Waals surface area contributed by atoms with Gasteiger partial charge in [0.15, 0.2) is 0 Å². The normalized spacial score (nSPS) is 12.4. The Hall–Kier alpha value is -1.12. The average molecular weight is 305 g/mol. The third-order valence-corrected chi connectivity index (χ3v) is 3.61. The quantitative estimate of drug-likeness (QED) is 0.894. The summed E-state index contributed by atoms with van der Waals surface area (Å²) in [5, 5.41) is 10.3. The molecule has 0 aliphatic rings. The van der Waals surface area contributed by atoms with E-state index in [1.807, 2.05) is 31.2 Å². The van der Waals surface area contributed by atoms with Gasteiger partial charge >= 0.3 is 0 Å². The highest BCUT2D eigenvalue weighted by Gasteiger charge is 2.11. The van der Waals surface area contributed by atoms with Crippen LogP contribution >= 0.6 is 15.9 Å². The van der Waals surface area contributed by atoms with Crippen LogP contribution in [0.3, 0.4) is 0 Å². The number of aryl methyl sites for hydroxylation is 2. The summed E-state index contributed by atoms with van der Waals surface area (Å²) in [7, 11) is 0. The van der Waals surface area contributed by atoms with Crippen LogP contribution < -0.4 is 0 Å². The van der Waals surface area contributed by atoms with E-state index < -0.39 is 6.10 Å². The Morgan fingerprint density at radius 1 is 1.11 bits per heavy atom. The maximum Gasteiger partial charge on any atom is 0.0833 e. The Morgan fingerprint density at radius 2 is 1.89 bits per heavy atom. The molecule has 1 unspecified atom stereocenters. The van der Waals surface area contributed by atoms with E-state index in [1.54, 1.807) is 0 Å². The van der Waals surface area contributed by atoms with Crippen LogP contribution in [0, 0.1) is 13.8 Å². The Morgan fingerprint density at radius 3 is 2.61 bits per heavy atom. The van der Waals surface area contributed by atoms with E-state index in [0.717, 1.165) is 15.6 Å². The molecule has 0 heterocycles. The smallest absolute Gasteiger partial charge is 0.0833 e. The lowest BCUT2D eigenvalue weighted by Gasteiger charge is -2.14. The van der Waals surface area contributed by atoms with E-state index in [0.29, 0.717) is 6.42 Å². The average Bonchev–Trinajstić information content (AvgIpc) is 2.32. The zero-order valence-corrected chi connectivity index (χ0v) is 12.2. The fourth-order valence-corrected chi connectivity index (χ4v) is 2.52. The highest BCUT2D eigenvalue weighted by molar-refractivity contribution is 9.10. The first kappa shape index (κ1) is 13.3.